The molecule has 4 aromatic rings. The average molecular weight is 790 g/mol. The second kappa shape index (κ2) is 21.9. The molecule has 13 nitrogen and oxygen atoms in total. The van der Waals surface area contributed by atoms with E-state index in [1.807, 2.05) is 36.4 Å². The van der Waals surface area contributed by atoms with Gasteiger partial charge in [0, 0.05) is 30.8 Å². The first-order chi connectivity index (χ1) is 27.2. The van der Waals surface area contributed by atoms with Gasteiger partial charge in [-0.3, -0.25) is 19.1 Å². The van der Waals surface area contributed by atoms with Gasteiger partial charge in [-0.15, -0.1) is 0 Å². The molecule has 0 saturated heterocycles. The fraction of sp³-hybridized carbons (Fsp3) is 0.524. The maximum atomic E-state index is 14.4. The van der Waals surface area contributed by atoms with E-state index in [2.05, 4.69) is 51.0 Å². The molecular formula is C42H60N7O6P. The molecule has 1 aliphatic rings. The van der Waals surface area contributed by atoms with Gasteiger partial charge in [-0.25, -0.2) is 14.6 Å². The number of aliphatic hydroxyl groups is 1. The van der Waals surface area contributed by atoms with E-state index < -0.39 is 31.4 Å². The second-order valence-electron chi connectivity index (χ2n) is 14.7. The number of aliphatic hydroxyl groups excluding tert-OH is 1. The van der Waals surface area contributed by atoms with E-state index in [0.29, 0.717) is 17.7 Å². The van der Waals surface area contributed by atoms with Crippen molar-refractivity contribution < 1.29 is 23.5 Å². The summed E-state index contributed by atoms with van der Waals surface area (Å²) < 4.78 is 28.2. The molecule has 0 bridgehead atoms. The minimum atomic E-state index is -4.05. The number of fused-ring (bicyclic) bond motifs is 2. The number of hydrogen-bond donors (Lipinski definition) is 5. The molecule has 5 rings (SSSR count). The van der Waals surface area contributed by atoms with Gasteiger partial charge in [-0.1, -0.05) is 113 Å². The third-order valence-corrected chi connectivity index (χ3v) is 12.0. The van der Waals surface area contributed by atoms with Gasteiger partial charge in [-0.2, -0.15) is 4.98 Å². The van der Waals surface area contributed by atoms with E-state index in [-0.39, 0.29) is 49.1 Å². The summed E-state index contributed by atoms with van der Waals surface area (Å²) in [6, 6.07) is 12.6. The van der Waals surface area contributed by atoms with Gasteiger partial charge in [0.25, 0.3) is 5.56 Å². The van der Waals surface area contributed by atoms with Crippen LogP contribution < -0.4 is 26.2 Å². The highest BCUT2D eigenvalue weighted by molar-refractivity contribution is 7.52. The SMILES string of the molecule is C=C1C(n2cnc3c(=O)[nH]c(N)nc32)C[C@H](O)[C@H]1COP(=O)(NCCNC(=O)CCCCCCC/C=C\CCCCCCCC)Oc1cccc2ccccc12. The van der Waals surface area contributed by atoms with Crippen molar-refractivity contribution in [1.82, 2.24) is 29.9 Å². The molecule has 56 heavy (non-hydrogen) atoms. The molecule has 2 unspecified atom stereocenters. The van der Waals surface area contributed by atoms with Crippen LogP contribution in [0.25, 0.3) is 21.9 Å². The van der Waals surface area contributed by atoms with E-state index in [9.17, 15) is 19.3 Å². The Bertz CT molecular complexity index is 2010. The predicted octanol–water partition coefficient (Wildman–Crippen LogP) is 8.28. The number of allylic oxidation sites excluding steroid dienone is 2. The number of aromatic nitrogens is 4. The first-order valence-electron chi connectivity index (χ1n) is 20.4. The fourth-order valence-corrected chi connectivity index (χ4v) is 8.62. The van der Waals surface area contributed by atoms with Crippen LogP contribution in [0.3, 0.4) is 0 Å². The number of H-pyrrole nitrogens is 1. The topological polar surface area (TPSA) is 186 Å². The Balaban J connectivity index is 1.08. The summed E-state index contributed by atoms with van der Waals surface area (Å²) in [4.78, 5) is 35.8. The zero-order valence-corrected chi connectivity index (χ0v) is 33.7. The summed E-state index contributed by atoms with van der Waals surface area (Å²) in [6.07, 6.45) is 21.5. The first-order valence-corrected chi connectivity index (χ1v) is 21.9. The molecule has 1 saturated carbocycles. The van der Waals surface area contributed by atoms with Gasteiger partial charge >= 0.3 is 7.75 Å². The van der Waals surface area contributed by atoms with E-state index in [1.165, 1.54) is 64.1 Å². The highest BCUT2D eigenvalue weighted by atomic mass is 31.2. The number of rotatable bonds is 25. The molecule has 2 aromatic carbocycles. The van der Waals surface area contributed by atoms with Crippen LogP contribution in [0.15, 0.2) is 77.9 Å². The van der Waals surface area contributed by atoms with Crippen molar-refractivity contribution in [2.24, 2.45) is 5.92 Å². The van der Waals surface area contributed by atoms with Gasteiger partial charge < -0.3 is 25.2 Å². The van der Waals surface area contributed by atoms with Gasteiger partial charge in [-0.05, 0) is 55.6 Å². The number of carbonyl (C=O) groups is 1. The quantitative estimate of drug-likeness (QED) is 0.0249. The number of benzene rings is 2. The van der Waals surface area contributed by atoms with Crippen molar-refractivity contribution in [2.45, 2.75) is 115 Å². The monoisotopic (exact) mass is 789 g/mol. The zero-order chi connectivity index (χ0) is 39.8. The van der Waals surface area contributed by atoms with Gasteiger partial charge in [0.2, 0.25) is 11.9 Å². The number of nitrogen functional groups attached to an aromatic ring is 1. The number of carbonyl (C=O) groups excluding carboxylic acids is 1. The van der Waals surface area contributed by atoms with Crippen LogP contribution in [0, 0.1) is 5.92 Å². The van der Waals surface area contributed by atoms with E-state index in [4.69, 9.17) is 14.8 Å². The summed E-state index contributed by atoms with van der Waals surface area (Å²) in [6.45, 7) is 6.66. The van der Waals surface area contributed by atoms with Crippen molar-refractivity contribution in [3.63, 3.8) is 0 Å². The number of hydrogen-bond acceptors (Lipinski definition) is 9. The largest absolute Gasteiger partial charge is 0.458 e. The highest BCUT2D eigenvalue weighted by Gasteiger charge is 2.40. The molecule has 6 N–H and O–H groups in total. The van der Waals surface area contributed by atoms with Crippen LogP contribution in [0.5, 0.6) is 5.75 Å². The van der Waals surface area contributed by atoms with Crippen molar-refractivity contribution in [3.05, 3.63) is 83.4 Å². The predicted molar refractivity (Wildman–Crippen MR) is 223 cm³/mol. The number of aromatic amines is 1. The van der Waals surface area contributed by atoms with Crippen LogP contribution in [0.4, 0.5) is 5.95 Å². The number of nitrogens with zero attached hydrogens (tertiary/aromatic N) is 3. The third kappa shape index (κ3) is 12.4. The summed E-state index contributed by atoms with van der Waals surface area (Å²) in [5.41, 5.74) is 6.32. The molecule has 0 radical (unpaired) electrons. The first kappa shape index (κ1) is 42.8. The van der Waals surface area contributed by atoms with Crippen molar-refractivity contribution in [2.75, 3.05) is 25.4 Å². The Morgan fingerprint density at radius 2 is 1.71 bits per heavy atom. The number of unbranched alkanes of at least 4 members (excludes halogenated alkanes) is 11. The molecule has 0 spiro atoms. The molecule has 0 aliphatic heterocycles. The Hall–Kier alpha value is -4.29. The van der Waals surface area contributed by atoms with E-state index >= 15 is 0 Å². The number of amides is 1. The number of imidazole rings is 1. The lowest BCUT2D eigenvalue weighted by Crippen LogP contribution is -2.32. The number of nitrogens with two attached hydrogens (primary N) is 1. The number of nitrogens with one attached hydrogen (secondary N) is 3. The highest BCUT2D eigenvalue weighted by Crippen LogP contribution is 2.48. The molecular weight excluding hydrogens is 729 g/mol. The van der Waals surface area contributed by atoms with Crippen LogP contribution in [0.1, 0.15) is 109 Å². The van der Waals surface area contributed by atoms with Gasteiger partial charge in [0.1, 0.15) is 5.75 Å². The molecule has 1 aliphatic carbocycles. The molecule has 1 amide bonds. The minimum Gasteiger partial charge on any atom is -0.413 e. The average Bonchev–Trinajstić information content (AvgIpc) is 3.73. The minimum absolute atomic E-state index is 0.0508. The van der Waals surface area contributed by atoms with Gasteiger partial charge in [0.05, 0.1) is 25.1 Å². The lowest BCUT2D eigenvalue weighted by Gasteiger charge is -2.24. The molecule has 304 valence electrons. The maximum absolute atomic E-state index is 14.4. The molecule has 2 heterocycles. The summed E-state index contributed by atoms with van der Waals surface area (Å²) in [5, 5.41) is 18.6. The summed E-state index contributed by atoms with van der Waals surface area (Å²) in [5.74, 6) is -0.356. The molecule has 1 fully saturated rings. The maximum Gasteiger partial charge on any atom is 0.458 e. The summed E-state index contributed by atoms with van der Waals surface area (Å²) in [7, 11) is -4.05. The molecule has 2 aromatic heterocycles. The van der Waals surface area contributed by atoms with Crippen LogP contribution in [0.2, 0.25) is 0 Å². The normalized spacial score (nSPS) is 18.2. The smallest absolute Gasteiger partial charge is 0.413 e. The lowest BCUT2D eigenvalue weighted by molar-refractivity contribution is -0.121. The molecule has 14 heteroatoms. The fourth-order valence-electron chi connectivity index (χ4n) is 7.25. The van der Waals surface area contributed by atoms with Crippen molar-refractivity contribution in [1.29, 1.82) is 0 Å². The van der Waals surface area contributed by atoms with Crippen molar-refractivity contribution >= 4 is 41.5 Å². The zero-order valence-electron chi connectivity index (χ0n) is 32.8. The van der Waals surface area contributed by atoms with Crippen LogP contribution >= 0.6 is 7.75 Å². The van der Waals surface area contributed by atoms with Crippen molar-refractivity contribution in [3.8, 4) is 5.75 Å². The van der Waals surface area contributed by atoms with E-state index in [0.717, 1.165) is 36.5 Å². The van der Waals surface area contributed by atoms with Crippen LogP contribution in [-0.2, 0) is 13.9 Å². The van der Waals surface area contributed by atoms with E-state index in [1.54, 1.807) is 10.6 Å². The van der Waals surface area contributed by atoms with Gasteiger partial charge in [0.15, 0.2) is 11.2 Å². The Morgan fingerprint density at radius 3 is 2.48 bits per heavy atom. The second-order valence-corrected chi connectivity index (χ2v) is 16.5. The lowest BCUT2D eigenvalue weighted by atomic mass is 10.0. The Labute approximate surface area is 330 Å². The third-order valence-electron chi connectivity index (χ3n) is 10.4. The van der Waals surface area contributed by atoms with Crippen LogP contribution in [-0.4, -0.2) is 56.3 Å². The Kier molecular flexibility index (Phi) is 16.7. The Morgan fingerprint density at radius 1 is 1.02 bits per heavy atom. The molecule has 4 atom stereocenters. The number of anilines is 1. The standard InChI is InChI=1S/C42H60N7O6P/c1-3-4-5-6-7-8-9-10-11-12-13-14-15-16-17-25-38(51)44-26-27-46-56(53,55-37-24-20-22-32-21-18-19-23-33(32)37)54-29-34-31(2)35(28-36(34)50)49-30-45-39-40(49)47-42(43)48-41(39)52/h10-11,18-24,30,34-36,50H,2-9,12-17,25-29H2,1H3,(H,44,51)(H,46,53)(H3,43,47,48,52)/b11-10-/t34-,35?,36-,56?/m0/s1. The summed E-state index contributed by atoms with van der Waals surface area (Å²) >= 11 is 0.